The molecule has 6 heteroatoms. The summed E-state index contributed by atoms with van der Waals surface area (Å²) in [5, 5.41) is 0.402. The Morgan fingerprint density at radius 1 is 1.12 bits per heavy atom. The number of hydrogen-bond acceptors (Lipinski definition) is 4. The first-order chi connectivity index (χ1) is 11.5. The van der Waals surface area contributed by atoms with Gasteiger partial charge in [0.25, 0.3) is 0 Å². The topological polar surface area (TPSA) is 53.7 Å². The van der Waals surface area contributed by atoms with E-state index in [2.05, 4.69) is 0 Å². The maximum atomic E-state index is 6.27. The minimum Gasteiger partial charge on any atom is -0.490 e. The second kappa shape index (κ2) is 8.76. The molecule has 0 spiro atoms. The lowest BCUT2D eigenvalue weighted by Gasteiger charge is -2.15. The van der Waals surface area contributed by atoms with E-state index in [1.807, 2.05) is 38.1 Å². The molecule has 24 heavy (non-hydrogen) atoms. The van der Waals surface area contributed by atoms with E-state index >= 15 is 0 Å². The summed E-state index contributed by atoms with van der Waals surface area (Å²) in [4.78, 5) is 0.257. The molecule has 0 unspecified atom stereocenters. The van der Waals surface area contributed by atoms with Crippen molar-refractivity contribution in [2.24, 2.45) is 5.73 Å². The van der Waals surface area contributed by atoms with Crippen molar-refractivity contribution in [2.45, 2.75) is 13.8 Å². The Morgan fingerprint density at radius 2 is 1.88 bits per heavy atom. The van der Waals surface area contributed by atoms with E-state index in [0.29, 0.717) is 41.9 Å². The van der Waals surface area contributed by atoms with Crippen molar-refractivity contribution < 1.29 is 14.2 Å². The monoisotopic (exact) mass is 365 g/mol. The van der Waals surface area contributed by atoms with Crippen molar-refractivity contribution >= 4 is 28.8 Å². The molecule has 4 nitrogen and oxygen atoms in total. The molecule has 0 amide bonds. The molecule has 0 aromatic heterocycles. The molecule has 2 N–H and O–H groups in total. The molecule has 2 aromatic rings. The number of halogens is 1. The van der Waals surface area contributed by atoms with Crippen molar-refractivity contribution in [3.8, 4) is 17.2 Å². The third kappa shape index (κ3) is 5.01. The van der Waals surface area contributed by atoms with E-state index in [0.717, 1.165) is 11.3 Å². The first-order valence-electron chi connectivity index (χ1n) is 7.59. The number of ether oxygens (including phenoxy) is 3. The van der Waals surface area contributed by atoms with Gasteiger partial charge in [-0.25, -0.2) is 0 Å². The molecule has 0 saturated carbocycles. The van der Waals surface area contributed by atoms with Crippen molar-refractivity contribution in [3.05, 3.63) is 52.5 Å². The van der Waals surface area contributed by atoms with Crippen molar-refractivity contribution in [1.82, 2.24) is 0 Å². The molecule has 0 atom stereocenters. The van der Waals surface area contributed by atoms with Gasteiger partial charge in [0.2, 0.25) is 0 Å². The van der Waals surface area contributed by atoms with Gasteiger partial charge in [0, 0.05) is 5.56 Å². The van der Waals surface area contributed by atoms with Crippen LogP contribution in [0.4, 0.5) is 0 Å². The first kappa shape index (κ1) is 18.4. The second-order valence-corrected chi connectivity index (χ2v) is 5.94. The maximum absolute atomic E-state index is 6.27. The molecular formula is C18H20ClNO3S. The summed E-state index contributed by atoms with van der Waals surface area (Å²) >= 11 is 11.3. The van der Waals surface area contributed by atoms with Gasteiger partial charge >= 0.3 is 0 Å². The lowest BCUT2D eigenvalue weighted by molar-refractivity contribution is 0.208. The third-order valence-electron chi connectivity index (χ3n) is 3.18. The Balaban J connectivity index is 2.02. The van der Waals surface area contributed by atoms with Crippen LogP contribution >= 0.6 is 23.8 Å². The van der Waals surface area contributed by atoms with Gasteiger partial charge in [0.05, 0.1) is 11.6 Å². The summed E-state index contributed by atoms with van der Waals surface area (Å²) in [6, 6.07) is 11.2. The zero-order valence-corrected chi connectivity index (χ0v) is 15.2. The smallest absolute Gasteiger partial charge is 0.179 e. The van der Waals surface area contributed by atoms with Crippen LogP contribution in [0.25, 0.3) is 0 Å². The zero-order chi connectivity index (χ0) is 17.5. The van der Waals surface area contributed by atoms with Crippen LogP contribution in [0.2, 0.25) is 5.02 Å². The Bertz CT molecular complexity index is 721. The van der Waals surface area contributed by atoms with Crippen LogP contribution in [0.3, 0.4) is 0 Å². The van der Waals surface area contributed by atoms with Gasteiger partial charge in [-0.2, -0.15) is 0 Å². The van der Waals surface area contributed by atoms with Gasteiger partial charge in [0.15, 0.2) is 11.5 Å². The molecule has 0 aliphatic carbocycles. The summed E-state index contributed by atoms with van der Waals surface area (Å²) < 4.78 is 17.0. The van der Waals surface area contributed by atoms with Gasteiger partial charge in [-0.1, -0.05) is 36.0 Å². The van der Waals surface area contributed by atoms with Crippen LogP contribution in [-0.2, 0) is 0 Å². The van der Waals surface area contributed by atoms with Crippen molar-refractivity contribution in [3.63, 3.8) is 0 Å². The molecule has 0 radical (unpaired) electrons. The number of benzene rings is 2. The minimum atomic E-state index is 0.257. The SMILES string of the molecule is CCOc1cc(C(N)=S)cc(Cl)c1OCCOc1cccc(C)c1. The molecule has 0 aliphatic rings. The molecule has 128 valence electrons. The third-order valence-corrected chi connectivity index (χ3v) is 3.70. The molecular weight excluding hydrogens is 346 g/mol. The molecule has 0 aliphatic heterocycles. The average Bonchev–Trinajstić information content (AvgIpc) is 2.53. The first-order valence-corrected chi connectivity index (χ1v) is 8.38. The molecule has 2 rings (SSSR count). The Hall–Kier alpha value is -1.98. The van der Waals surface area contributed by atoms with E-state index in [-0.39, 0.29) is 4.99 Å². The highest BCUT2D eigenvalue weighted by Crippen LogP contribution is 2.36. The summed E-state index contributed by atoms with van der Waals surface area (Å²) in [6.45, 7) is 5.10. The van der Waals surface area contributed by atoms with Crippen LogP contribution in [0.1, 0.15) is 18.1 Å². The average molecular weight is 366 g/mol. The molecule has 0 heterocycles. The highest BCUT2D eigenvalue weighted by Gasteiger charge is 2.14. The van der Waals surface area contributed by atoms with Gasteiger partial charge in [-0.05, 0) is 43.7 Å². The van der Waals surface area contributed by atoms with Gasteiger partial charge in [-0.15, -0.1) is 0 Å². The number of hydrogen-bond donors (Lipinski definition) is 1. The normalized spacial score (nSPS) is 10.3. The number of rotatable bonds is 8. The summed E-state index contributed by atoms with van der Waals surface area (Å²) in [5.41, 5.74) is 7.44. The summed E-state index contributed by atoms with van der Waals surface area (Å²) in [6.07, 6.45) is 0. The number of aryl methyl sites for hydroxylation is 1. The van der Waals surface area contributed by atoms with E-state index in [1.54, 1.807) is 12.1 Å². The molecule has 0 fully saturated rings. The van der Waals surface area contributed by atoms with Crippen molar-refractivity contribution in [1.29, 1.82) is 0 Å². The number of thiocarbonyl (C=S) groups is 1. The predicted octanol–water partition coefficient (Wildman–Crippen LogP) is 4.14. The Labute approximate surface area is 152 Å². The lowest BCUT2D eigenvalue weighted by Crippen LogP contribution is -2.12. The predicted molar refractivity (Wildman–Crippen MR) is 101 cm³/mol. The zero-order valence-electron chi connectivity index (χ0n) is 13.7. The molecule has 2 aromatic carbocycles. The minimum absolute atomic E-state index is 0.257. The molecule has 0 bridgehead atoms. The van der Waals surface area contributed by atoms with Crippen LogP contribution in [0, 0.1) is 6.92 Å². The summed E-state index contributed by atoms with van der Waals surface area (Å²) in [5.74, 6) is 1.79. The standard InChI is InChI=1S/C18H20ClNO3S/c1-3-21-16-11-13(18(20)24)10-15(19)17(16)23-8-7-22-14-6-4-5-12(2)9-14/h4-6,9-11H,3,7-8H2,1-2H3,(H2,20,24). The van der Waals surface area contributed by atoms with Crippen LogP contribution < -0.4 is 19.9 Å². The highest BCUT2D eigenvalue weighted by molar-refractivity contribution is 7.80. The number of nitrogens with two attached hydrogens (primary N) is 1. The van der Waals surface area contributed by atoms with E-state index in [4.69, 9.17) is 43.8 Å². The quantitative estimate of drug-likeness (QED) is 0.562. The van der Waals surface area contributed by atoms with Gasteiger partial charge in [0.1, 0.15) is 24.0 Å². The van der Waals surface area contributed by atoms with Crippen LogP contribution in [0.15, 0.2) is 36.4 Å². The van der Waals surface area contributed by atoms with E-state index in [9.17, 15) is 0 Å². The Kier molecular flexibility index (Phi) is 6.70. The van der Waals surface area contributed by atoms with E-state index < -0.39 is 0 Å². The fourth-order valence-electron chi connectivity index (χ4n) is 2.12. The fourth-order valence-corrected chi connectivity index (χ4v) is 2.50. The second-order valence-electron chi connectivity index (χ2n) is 5.10. The lowest BCUT2D eigenvalue weighted by atomic mass is 10.2. The van der Waals surface area contributed by atoms with E-state index in [1.165, 1.54) is 0 Å². The van der Waals surface area contributed by atoms with Gasteiger partial charge in [-0.3, -0.25) is 0 Å². The fraction of sp³-hybridized carbons (Fsp3) is 0.278. The van der Waals surface area contributed by atoms with Crippen LogP contribution in [0.5, 0.6) is 17.2 Å². The van der Waals surface area contributed by atoms with Crippen LogP contribution in [-0.4, -0.2) is 24.8 Å². The highest BCUT2D eigenvalue weighted by atomic mass is 35.5. The molecule has 0 saturated heterocycles. The Morgan fingerprint density at radius 3 is 2.54 bits per heavy atom. The van der Waals surface area contributed by atoms with Gasteiger partial charge < -0.3 is 19.9 Å². The largest absolute Gasteiger partial charge is 0.490 e. The van der Waals surface area contributed by atoms with Crippen molar-refractivity contribution in [2.75, 3.05) is 19.8 Å². The maximum Gasteiger partial charge on any atom is 0.179 e. The summed E-state index contributed by atoms with van der Waals surface area (Å²) in [7, 11) is 0.